The van der Waals surface area contributed by atoms with E-state index in [1.807, 2.05) is 0 Å². The number of rotatable bonds is 3. The Labute approximate surface area is 335 Å². The Morgan fingerprint density at radius 2 is 0.534 bits per heavy atom. The summed E-state index contributed by atoms with van der Waals surface area (Å²) >= 11 is 0. The summed E-state index contributed by atoms with van der Waals surface area (Å²) < 4.78 is 0. The van der Waals surface area contributed by atoms with Gasteiger partial charge < -0.3 is 0 Å². The number of hydrogen-bond donors (Lipinski definition) is 0. The molecule has 266 valence electrons. The van der Waals surface area contributed by atoms with Gasteiger partial charge in [-0.1, -0.05) is 188 Å². The molecule has 13 aromatic carbocycles. The Hall–Kier alpha value is -7.54. The normalized spacial score (nSPS) is 12.1. The van der Waals surface area contributed by atoms with Crippen LogP contribution in [0.3, 0.4) is 0 Å². The van der Waals surface area contributed by atoms with Gasteiger partial charge in [0.1, 0.15) is 0 Å². The van der Waals surface area contributed by atoms with Crippen molar-refractivity contribution >= 4 is 97.0 Å². The molecule has 0 spiro atoms. The Kier molecular flexibility index (Phi) is 6.54. The van der Waals surface area contributed by atoms with Gasteiger partial charge in [0.15, 0.2) is 0 Å². The lowest BCUT2D eigenvalue weighted by molar-refractivity contribution is 1.64. The maximum Gasteiger partial charge on any atom is -0.00199 e. The van der Waals surface area contributed by atoms with Crippen molar-refractivity contribution in [3.05, 3.63) is 206 Å². The van der Waals surface area contributed by atoms with E-state index in [9.17, 15) is 0 Å². The molecule has 13 rings (SSSR count). The average molecular weight is 731 g/mol. The Balaban J connectivity index is 1.05. The first-order valence-corrected chi connectivity index (χ1v) is 20.2. The summed E-state index contributed by atoms with van der Waals surface area (Å²) in [6.07, 6.45) is 0. The average Bonchev–Trinajstić information content (AvgIpc) is 3.29. The number of benzene rings is 12. The van der Waals surface area contributed by atoms with Gasteiger partial charge in [0.2, 0.25) is 0 Å². The van der Waals surface area contributed by atoms with Crippen molar-refractivity contribution < 1.29 is 0 Å². The van der Waals surface area contributed by atoms with Crippen molar-refractivity contribution in [2.75, 3.05) is 0 Å². The molecule has 0 fully saturated rings. The summed E-state index contributed by atoms with van der Waals surface area (Å²) in [6, 6.07) is 77.3. The summed E-state index contributed by atoms with van der Waals surface area (Å²) in [5.74, 6) is 0. The Morgan fingerprint density at radius 1 is 0.172 bits per heavy atom. The van der Waals surface area contributed by atoms with Crippen LogP contribution < -0.4 is 0 Å². The number of hydrogen-bond acceptors (Lipinski definition) is 0. The van der Waals surface area contributed by atoms with Crippen LogP contribution in [0.15, 0.2) is 206 Å². The van der Waals surface area contributed by atoms with Crippen molar-refractivity contribution in [2.45, 2.75) is 0 Å². The van der Waals surface area contributed by atoms with Crippen LogP contribution in [0.1, 0.15) is 0 Å². The third-order valence-electron chi connectivity index (χ3n) is 12.9. The molecule has 0 aliphatic rings. The summed E-state index contributed by atoms with van der Waals surface area (Å²) in [6.45, 7) is 0. The molecule has 58 heavy (non-hydrogen) atoms. The van der Waals surface area contributed by atoms with Crippen molar-refractivity contribution in [2.24, 2.45) is 0 Å². The van der Waals surface area contributed by atoms with Crippen LogP contribution in [0.5, 0.6) is 0 Å². The van der Waals surface area contributed by atoms with Crippen LogP contribution in [0.2, 0.25) is 0 Å². The largest absolute Gasteiger partial charge is 0.0616 e. The molecule has 0 amide bonds. The van der Waals surface area contributed by atoms with E-state index >= 15 is 0 Å². The monoisotopic (exact) mass is 730 g/mol. The fourth-order valence-corrected chi connectivity index (χ4v) is 10.4. The molecule has 0 nitrogen and oxygen atoms in total. The topological polar surface area (TPSA) is 0 Å². The minimum absolute atomic E-state index is 1.21. The van der Waals surface area contributed by atoms with Gasteiger partial charge >= 0.3 is 0 Å². The van der Waals surface area contributed by atoms with E-state index in [4.69, 9.17) is 0 Å². The number of fused-ring (bicyclic) bond motifs is 5. The minimum Gasteiger partial charge on any atom is -0.0616 e. The molecule has 0 aliphatic heterocycles. The zero-order chi connectivity index (χ0) is 37.9. The Morgan fingerprint density at radius 3 is 1.10 bits per heavy atom. The first-order chi connectivity index (χ1) is 28.8. The maximum atomic E-state index is 2.46. The molecule has 0 bridgehead atoms. The van der Waals surface area contributed by atoms with Crippen LogP contribution in [-0.4, -0.2) is 0 Å². The lowest BCUT2D eigenvalue weighted by Crippen LogP contribution is -1.91. The maximum absolute atomic E-state index is 2.46. The molecule has 0 unspecified atom stereocenters. The molecule has 0 atom stereocenters. The summed E-state index contributed by atoms with van der Waals surface area (Å²) in [5.41, 5.74) is 7.48. The molecule has 0 saturated heterocycles. The zero-order valence-corrected chi connectivity index (χ0v) is 31.6. The van der Waals surface area contributed by atoms with E-state index in [1.165, 1.54) is 130 Å². The molecule has 0 radical (unpaired) electrons. The standard InChI is InChI=1S/C58H34/c1-2-11-41-32-42(30-24-35(41)10-1)54-47-17-5-3-15-45(47)53(46-16-4-6-18-48(46)54)40-25-22-36(23-26-40)44-33-43-31-29-39-13-8-20-50-49-19-7-12-37-27-28-38-14-9-21-51(57(38)55(37)49)52(34-44)58(43)56(39)50/h1-34H. The second-order valence-corrected chi connectivity index (χ2v) is 15.9. The molecular weight excluding hydrogens is 697 g/mol. The fraction of sp³-hybridized carbons (Fsp3) is 0. The van der Waals surface area contributed by atoms with E-state index in [2.05, 4.69) is 206 Å². The van der Waals surface area contributed by atoms with Crippen LogP contribution in [0, 0.1) is 0 Å². The predicted molar refractivity (Wildman–Crippen MR) is 251 cm³/mol. The van der Waals surface area contributed by atoms with Crippen molar-refractivity contribution in [3.8, 4) is 33.4 Å². The highest BCUT2D eigenvalue weighted by molar-refractivity contribution is 6.37. The first kappa shape index (κ1) is 31.6. The molecule has 0 saturated carbocycles. The van der Waals surface area contributed by atoms with E-state index in [0.717, 1.165) is 0 Å². The van der Waals surface area contributed by atoms with Gasteiger partial charge in [-0.25, -0.2) is 0 Å². The van der Waals surface area contributed by atoms with Crippen LogP contribution in [0.25, 0.3) is 130 Å². The molecule has 0 N–H and O–H groups in total. The van der Waals surface area contributed by atoms with Gasteiger partial charge in [-0.05, 0) is 149 Å². The molecule has 0 aromatic heterocycles. The van der Waals surface area contributed by atoms with Gasteiger partial charge in [-0.15, -0.1) is 0 Å². The van der Waals surface area contributed by atoms with E-state index < -0.39 is 0 Å². The molecule has 0 heterocycles. The van der Waals surface area contributed by atoms with Gasteiger partial charge in [0.25, 0.3) is 0 Å². The zero-order valence-electron chi connectivity index (χ0n) is 31.6. The lowest BCUT2D eigenvalue weighted by Gasteiger charge is -2.18. The first-order valence-electron chi connectivity index (χ1n) is 20.2. The van der Waals surface area contributed by atoms with E-state index in [1.54, 1.807) is 0 Å². The van der Waals surface area contributed by atoms with E-state index in [0.29, 0.717) is 0 Å². The smallest absolute Gasteiger partial charge is 0.00199 e. The molecule has 13 aromatic rings. The lowest BCUT2D eigenvalue weighted by atomic mass is 9.85. The predicted octanol–water partition coefficient (Wildman–Crippen LogP) is 16.5. The van der Waals surface area contributed by atoms with Crippen molar-refractivity contribution in [1.29, 1.82) is 0 Å². The molecule has 0 heteroatoms. The van der Waals surface area contributed by atoms with Crippen LogP contribution in [0.4, 0.5) is 0 Å². The molecule has 0 aliphatic carbocycles. The van der Waals surface area contributed by atoms with Crippen LogP contribution >= 0.6 is 0 Å². The summed E-state index contributed by atoms with van der Waals surface area (Å²) in [7, 11) is 0. The molecular formula is C58H34. The fourth-order valence-electron chi connectivity index (χ4n) is 10.4. The van der Waals surface area contributed by atoms with Gasteiger partial charge in [-0.2, -0.15) is 0 Å². The van der Waals surface area contributed by atoms with Gasteiger partial charge in [-0.3, -0.25) is 0 Å². The van der Waals surface area contributed by atoms with Crippen LogP contribution in [-0.2, 0) is 0 Å². The highest BCUT2D eigenvalue weighted by atomic mass is 14.2. The quantitative estimate of drug-likeness (QED) is 0.125. The summed E-state index contributed by atoms with van der Waals surface area (Å²) in [4.78, 5) is 0. The van der Waals surface area contributed by atoms with Crippen molar-refractivity contribution in [1.82, 2.24) is 0 Å². The SMILES string of the molecule is c1ccc2cc(-c3c4ccccc4c(-c4ccc(-c5cc6ccc7cccc8c9cccc%10ccc%11cccc(c(c5)c6c78)c%11c%109)cc4)c4ccccc34)ccc2c1. The van der Waals surface area contributed by atoms with Crippen molar-refractivity contribution in [3.63, 3.8) is 0 Å². The Bertz CT molecular complexity index is 3770. The third kappa shape index (κ3) is 4.46. The van der Waals surface area contributed by atoms with E-state index in [-0.39, 0.29) is 0 Å². The highest BCUT2D eigenvalue weighted by Gasteiger charge is 2.19. The second kappa shape index (κ2) is 12.0. The minimum atomic E-state index is 1.21. The van der Waals surface area contributed by atoms with Gasteiger partial charge in [0.05, 0.1) is 0 Å². The highest BCUT2D eigenvalue weighted by Crippen LogP contribution is 2.47. The summed E-state index contributed by atoms with van der Waals surface area (Å²) in [5, 5.41) is 23.2. The second-order valence-electron chi connectivity index (χ2n) is 15.9. The van der Waals surface area contributed by atoms with Gasteiger partial charge in [0, 0.05) is 0 Å². The third-order valence-corrected chi connectivity index (χ3v) is 12.9.